The second kappa shape index (κ2) is 9.33. The van der Waals surface area contributed by atoms with Gasteiger partial charge in [0.15, 0.2) is 0 Å². The molecule has 2 amide bonds. The Bertz CT molecular complexity index is 745. The predicted octanol–water partition coefficient (Wildman–Crippen LogP) is 2.80. The first-order chi connectivity index (χ1) is 12.4. The van der Waals surface area contributed by atoms with Gasteiger partial charge < -0.3 is 10.1 Å². The first kappa shape index (κ1) is 19.9. The van der Waals surface area contributed by atoms with Gasteiger partial charge in [-0.15, -0.1) is 5.10 Å². The SMILES string of the molecule is COC(=O)NC(CC(C)C)C(=O)Nc1ncn(Cc2ccc(Br)cc2)n1. The molecule has 9 heteroatoms. The molecule has 0 aliphatic carbocycles. The standard InChI is InChI=1S/C17H22BrN5O3/c1-11(2)8-14(20-17(25)26-3)15(24)21-16-19-10-23(22-16)9-12-4-6-13(18)7-5-12/h4-7,10-11,14H,8-9H2,1-3H3,(H,20,25)(H,21,22,24). The minimum absolute atomic E-state index is 0.188. The van der Waals surface area contributed by atoms with Gasteiger partial charge in [-0.3, -0.25) is 10.1 Å². The predicted molar refractivity (Wildman–Crippen MR) is 101 cm³/mol. The van der Waals surface area contributed by atoms with Crippen LogP contribution in [0, 0.1) is 5.92 Å². The van der Waals surface area contributed by atoms with Gasteiger partial charge in [-0.1, -0.05) is 41.9 Å². The Morgan fingerprint density at radius 3 is 2.58 bits per heavy atom. The molecule has 0 radical (unpaired) electrons. The Balaban J connectivity index is 1.99. The normalized spacial score (nSPS) is 11.9. The Labute approximate surface area is 160 Å². The molecule has 1 aromatic carbocycles. The van der Waals surface area contributed by atoms with Gasteiger partial charge in [0.05, 0.1) is 13.7 Å². The summed E-state index contributed by atoms with van der Waals surface area (Å²) in [7, 11) is 1.25. The van der Waals surface area contributed by atoms with E-state index in [1.54, 1.807) is 11.0 Å². The fourth-order valence-corrected chi connectivity index (χ4v) is 2.57. The van der Waals surface area contributed by atoms with Crippen LogP contribution in [0.2, 0.25) is 0 Å². The number of nitrogens with one attached hydrogen (secondary N) is 2. The van der Waals surface area contributed by atoms with Gasteiger partial charge in [-0.25, -0.2) is 14.5 Å². The minimum Gasteiger partial charge on any atom is -0.453 e. The molecule has 1 unspecified atom stereocenters. The zero-order chi connectivity index (χ0) is 19.1. The van der Waals surface area contributed by atoms with Crippen molar-refractivity contribution in [2.24, 2.45) is 5.92 Å². The molecule has 8 nitrogen and oxygen atoms in total. The van der Waals surface area contributed by atoms with Crippen LogP contribution in [0.15, 0.2) is 35.1 Å². The van der Waals surface area contributed by atoms with Gasteiger partial charge in [0.2, 0.25) is 11.9 Å². The topological polar surface area (TPSA) is 98.1 Å². The van der Waals surface area contributed by atoms with Crippen molar-refractivity contribution in [3.63, 3.8) is 0 Å². The fourth-order valence-electron chi connectivity index (χ4n) is 2.31. The van der Waals surface area contributed by atoms with Gasteiger partial charge in [-0.05, 0) is 30.0 Å². The second-order valence-electron chi connectivity index (χ2n) is 6.20. The Morgan fingerprint density at radius 2 is 1.96 bits per heavy atom. The molecule has 2 aromatic rings. The van der Waals surface area contributed by atoms with Crippen molar-refractivity contribution < 1.29 is 14.3 Å². The molecular formula is C17H22BrN5O3. The number of ether oxygens (including phenoxy) is 1. The van der Waals surface area contributed by atoms with E-state index in [2.05, 4.69) is 41.4 Å². The summed E-state index contributed by atoms with van der Waals surface area (Å²) >= 11 is 3.39. The summed E-state index contributed by atoms with van der Waals surface area (Å²) in [5.74, 6) is 0.0175. The van der Waals surface area contributed by atoms with E-state index in [4.69, 9.17) is 0 Å². The number of hydrogen-bond donors (Lipinski definition) is 2. The van der Waals surface area contributed by atoms with Crippen LogP contribution < -0.4 is 10.6 Å². The lowest BCUT2D eigenvalue weighted by atomic mass is 10.0. The summed E-state index contributed by atoms with van der Waals surface area (Å²) < 4.78 is 7.20. The molecule has 140 valence electrons. The lowest BCUT2D eigenvalue weighted by Crippen LogP contribution is -2.44. The number of amides is 2. The number of carbonyl (C=O) groups excluding carboxylic acids is 2. The number of anilines is 1. The molecule has 0 aliphatic rings. The zero-order valence-corrected chi connectivity index (χ0v) is 16.5. The zero-order valence-electron chi connectivity index (χ0n) is 14.9. The van der Waals surface area contributed by atoms with Crippen LogP contribution >= 0.6 is 15.9 Å². The van der Waals surface area contributed by atoms with Crippen LogP contribution in [0.1, 0.15) is 25.8 Å². The first-order valence-electron chi connectivity index (χ1n) is 8.16. The highest BCUT2D eigenvalue weighted by atomic mass is 79.9. The maximum Gasteiger partial charge on any atom is 0.407 e. The number of aromatic nitrogens is 3. The average molecular weight is 424 g/mol. The Hall–Kier alpha value is -2.42. The summed E-state index contributed by atoms with van der Waals surface area (Å²) in [6.45, 7) is 4.46. The van der Waals surface area contributed by atoms with Gasteiger partial charge >= 0.3 is 6.09 Å². The van der Waals surface area contributed by atoms with E-state index in [1.807, 2.05) is 38.1 Å². The molecule has 0 aliphatic heterocycles. The lowest BCUT2D eigenvalue weighted by molar-refractivity contribution is -0.118. The second-order valence-corrected chi connectivity index (χ2v) is 7.12. The largest absolute Gasteiger partial charge is 0.453 e. The fraction of sp³-hybridized carbons (Fsp3) is 0.412. The Morgan fingerprint density at radius 1 is 1.27 bits per heavy atom. The number of nitrogens with zero attached hydrogens (tertiary/aromatic N) is 3. The Kier molecular flexibility index (Phi) is 7.14. The molecule has 26 heavy (non-hydrogen) atoms. The molecule has 0 bridgehead atoms. The molecule has 0 saturated carbocycles. The van der Waals surface area contributed by atoms with E-state index in [9.17, 15) is 9.59 Å². The van der Waals surface area contributed by atoms with Crippen LogP contribution in [0.4, 0.5) is 10.7 Å². The lowest BCUT2D eigenvalue weighted by Gasteiger charge is -2.18. The van der Waals surface area contributed by atoms with Gasteiger partial charge in [0.25, 0.3) is 0 Å². The third-order valence-electron chi connectivity index (χ3n) is 3.53. The van der Waals surface area contributed by atoms with E-state index in [1.165, 1.54) is 7.11 Å². The van der Waals surface area contributed by atoms with Crippen molar-refractivity contribution in [3.05, 3.63) is 40.6 Å². The molecule has 1 heterocycles. The third kappa shape index (κ3) is 6.14. The molecule has 2 rings (SSSR count). The van der Waals surface area contributed by atoms with Gasteiger partial charge in [0, 0.05) is 4.47 Å². The number of carbonyl (C=O) groups is 2. The van der Waals surface area contributed by atoms with Gasteiger partial charge in [0.1, 0.15) is 12.4 Å². The maximum atomic E-state index is 12.4. The molecule has 2 N–H and O–H groups in total. The average Bonchev–Trinajstić information content (AvgIpc) is 3.02. The molecule has 1 atom stereocenters. The summed E-state index contributed by atoms with van der Waals surface area (Å²) in [6.07, 6.45) is 1.36. The number of methoxy groups -OCH3 is 1. The number of alkyl carbamates (subject to hydrolysis) is 1. The van der Waals surface area contributed by atoms with Crippen molar-refractivity contribution in [1.82, 2.24) is 20.1 Å². The van der Waals surface area contributed by atoms with Crippen LogP contribution in [-0.2, 0) is 16.1 Å². The summed E-state index contributed by atoms with van der Waals surface area (Å²) in [4.78, 5) is 28.0. The van der Waals surface area contributed by atoms with Crippen molar-refractivity contribution in [2.75, 3.05) is 12.4 Å². The third-order valence-corrected chi connectivity index (χ3v) is 4.06. The smallest absolute Gasteiger partial charge is 0.407 e. The molecule has 0 spiro atoms. The summed E-state index contributed by atoms with van der Waals surface area (Å²) in [6, 6.07) is 7.13. The van der Waals surface area contributed by atoms with E-state index >= 15 is 0 Å². The summed E-state index contributed by atoms with van der Waals surface area (Å²) in [5.41, 5.74) is 1.06. The first-order valence-corrected chi connectivity index (χ1v) is 8.96. The van der Waals surface area contributed by atoms with Gasteiger partial charge in [-0.2, -0.15) is 0 Å². The number of halogens is 1. The maximum absolute atomic E-state index is 12.4. The highest BCUT2D eigenvalue weighted by Gasteiger charge is 2.23. The van der Waals surface area contributed by atoms with E-state index < -0.39 is 12.1 Å². The number of rotatable bonds is 7. The van der Waals surface area contributed by atoms with Crippen molar-refractivity contribution >= 4 is 33.9 Å². The van der Waals surface area contributed by atoms with Crippen LogP contribution in [0.5, 0.6) is 0 Å². The number of benzene rings is 1. The quantitative estimate of drug-likeness (QED) is 0.713. The highest BCUT2D eigenvalue weighted by Crippen LogP contribution is 2.12. The van der Waals surface area contributed by atoms with Crippen LogP contribution in [-0.4, -0.2) is 39.9 Å². The monoisotopic (exact) mass is 423 g/mol. The van der Waals surface area contributed by atoms with Crippen molar-refractivity contribution in [2.45, 2.75) is 32.9 Å². The van der Waals surface area contributed by atoms with E-state index in [-0.39, 0.29) is 17.8 Å². The van der Waals surface area contributed by atoms with Crippen molar-refractivity contribution in [1.29, 1.82) is 0 Å². The molecule has 0 saturated heterocycles. The molecule has 0 fully saturated rings. The van der Waals surface area contributed by atoms with E-state index in [0.717, 1.165) is 10.0 Å². The molecule has 1 aromatic heterocycles. The van der Waals surface area contributed by atoms with E-state index in [0.29, 0.717) is 13.0 Å². The summed E-state index contributed by atoms with van der Waals surface area (Å²) in [5, 5.41) is 9.41. The highest BCUT2D eigenvalue weighted by molar-refractivity contribution is 9.10. The number of hydrogen-bond acceptors (Lipinski definition) is 5. The van der Waals surface area contributed by atoms with Crippen molar-refractivity contribution in [3.8, 4) is 0 Å². The molecular weight excluding hydrogens is 402 g/mol. The van der Waals surface area contributed by atoms with Crippen LogP contribution in [0.3, 0.4) is 0 Å². The minimum atomic E-state index is -0.721. The van der Waals surface area contributed by atoms with Crippen LogP contribution in [0.25, 0.3) is 0 Å².